The van der Waals surface area contributed by atoms with Gasteiger partial charge in [0.05, 0.1) is 19.0 Å². The number of hydrogen-bond acceptors (Lipinski definition) is 3. The average Bonchev–Trinajstić information content (AvgIpc) is 2.95. The number of pyridine rings is 1. The molecule has 4 nitrogen and oxygen atoms in total. The van der Waals surface area contributed by atoms with Gasteiger partial charge in [0.25, 0.3) is 5.91 Å². The van der Waals surface area contributed by atoms with Gasteiger partial charge < -0.3 is 10.1 Å². The zero-order valence-corrected chi connectivity index (χ0v) is 11.3. The predicted octanol–water partition coefficient (Wildman–Crippen LogP) is 2.83. The van der Waals surface area contributed by atoms with Crippen LogP contribution in [0.1, 0.15) is 28.0 Å². The molecule has 0 unspecified atom stereocenters. The van der Waals surface area contributed by atoms with E-state index in [0.717, 1.165) is 30.6 Å². The summed E-state index contributed by atoms with van der Waals surface area (Å²) in [5.41, 5.74) is 3.72. The molecule has 0 aliphatic heterocycles. The van der Waals surface area contributed by atoms with Crippen LogP contribution in [0.2, 0.25) is 0 Å². The van der Waals surface area contributed by atoms with Crippen molar-refractivity contribution in [2.24, 2.45) is 0 Å². The van der Waals surface area contributed by atoms with Crippen LogP contribution >= 0.6 is 0 Å². The minimum atomic E-state index is -0.149. The molecule has 0 saturated carbocycles. The van der Waals surface area contributed by atoms with Crippen molar-refractivity contribution in [3.63, 3.8) is 0 Å². The van der Waals surface area contributed by atoms with E-state index in [1.54, 1.807) is 31.5 Å². The molecule has 1 aromatic heterocycles. The van der Waals surface area contributed by atoms with E-state index in [1.165, 1.54) is 5.56 Å². The van der Waals surface area contributed by atoms with Gasteiger partial charge in [-0.2, -0.15) is 0 Å². The third kappa shape index (κ3) is 2.50. The summed E-state index contributed by atoms with van der Waals surface area (Å²) < 4.78 is 5.12. The maximum absolute atomic E-state index is 12.2. The molecular weight excluding hydrogens is 252 g/mol. The Morgan fingerprint density at radius 2 is 2.20 bits per heavy atom. The number of aromatic nitrogens is 1. The molecule has 102 valence electrons. The van der Waals surface area contributed by atoms with Gasteiger partial charge >= 0.3 is 0 Å². The molecule has 1 heterocycles. The number of nitrogens with one attached hydrogen (secondary N) is 1. The topological polar surface area (TPSA) is 51.2 Å². The lowest BCUT2D eigenvalue weighted by atomic mass is 10.2. The fourth-order valence-corrected chi connectivity index (χ4v) is 2.46. The van der Waals surface area contributed by atoms with Crippen LogP contribution in [-0.4, -0.2) is 18.0 Å². The number of methoxy groups -OCH3 is 1. The standard InChI is InChI=1S/C16H16N2O2/c1-20-14-6-2-5-12(9-14)16(19)18-13-8-11-4-3-7-15(11)17-10-13/h2,5-6,8-10H,3-4,7H2,1H3,(H,18,19). The molecule has 0 radical (unpaired) electrons. The highest BCUT2D eigenvalue weighted by Crippen LogP contribution is 2.23. The molecule has 3 rings (SSSR count). The number of hydrogen-bond donors (Lipinski definition) is 1. The molecule has 0 bridgehead atoms. The van der Waals surface area contributed by atoms with Gasteiger partial charge in [0.1, 0.15) is 5.75 Å². The van der Waals surface area contributed by atoms with E-state index in [1.807, 2.05) is 12.1 Å². The molecule has 1 aliphatic carbocycles. The van der Waals surface area contributed by atoms with E-state index in [2.05, 4.69) is 10.3 Å². The highest BCUT2D eigenvalue weighted by atomic mass is 16.5. The maximum atomic E-state index is 12.2. The van der Waals surface area contributed by atoms with Gasteiger partial charge in [-0.1, -0.05) is 6.07 Å². The number of nitrogens with zero attached hydrogens (tertiary/aromatic N) is 1. The van der Waals surface area contributed by atoms with Crippen LogP contribution in [0.5, 0.6) is 5.75 Å². The Bertz CT molecular complexity index is 653. The number of aryl methyl sites for hydroxylation is 2. The van der Waals surface area contributed by atoms with Crippen molar-refractivity contribution in [3.05, 3.63) is 53.3 Å². The number of fused-ring (bicyclic) bond motifs is 1. The van der Waals surface area contributed by atoms with Gasteiger partial charge in [-0.05, 0) is 49.1 Å². The minimum Gasteiger partial charge on any atom is -0.497 e. The Balaban J connectivity index is 1.78. The van der Waals surface area contributed by atoms with Crippen LogP contribution in [0.4, 0.5) is 5.69 Å². The largest absolute Gasteiger partial charge is 0.497 e. The lowest BCUT2D eigenvalue weighted by molar-refractivity contribution is 0.102. The first-order valence-electron chi connectivity index (χ1n) is 6.69. The van der Waals surface area contributed by atoms with E-state index in [0.29, 0.717) is 11.3 Å². The second kappa shape index (κ2) is 5.33. The van der Waals surface area contributed by atoms with Gasteiger partial charge in [0.15, 0.2) is 0 Å². The van der Waals surface area contributed by atoms with E-state index in [-0.39, 0.29) is 5.91 Å². The van der Waals surface area contributed by atoms with E-state index in [4.69, 9.17) is 4.74 Å². The van der Waals surface area contributed by atoms with Crippen LogP contribution in [0.15, 0.2) is 36.5 Å². The average molecular weight is 268 g/mol. The van der Waals surface area contributed by atoms with Crippen molar-refractivity contribution in [1.82, 2.24) is 4.98 Å². The monoisotopic (exact) mass is 268 g/mol. The molecule has 1 N–H and O–H groups in total. The quantitative estimate of drug-likeness (QED) is 0.931. The fourth-order valence-electron chi connectivity index (χ4n) is 2.46. The fraction of sp³-hybridized carbons (Fsp3) is 0.250. The molecule has 1 aliphatic rings. The number of carbonyl (C=O) groups is 1. The van der Waals surface area contributed by atoms with Crippen molar-refractivity contribution < 1.29 is 9.53 Å². The molecule has 4 heteroatoms. The minimum absolute atomic E-state index is 0.149. The normalized spacial score (nSPS) is 12.8. The van der Waals surface area contributed by atoms with Crippen molar-refractivity contribution in [2.45, 2.75) is 19.3 Å². The molecule has 20 heavy (non-hydrogen) atoms. The van der Waals surface area contributed by atoms with Crippen molar-refractivity contribution in [2.75, 3.05) is 12.4 Å². The highest BCUT2D eigenvalue weighted by Gasteiger charge is 2.14. The molecule has 1 amide bonds. The van der Waals surface area contributed by atoms with E-state index < -0.39 is 0 Å². The SMILES string of the molecule is COc1cccc(C(=O)Nc2cnc3c(c2)CCC3)c1. The van der Waals surface area contributed by atoms with Gasteiger partial charge in [-0.15, -0.1) is 0 Å². The zero-order chi connectivity index (χ0) is 13.9. The predicted molar refractivity (Wildman–Crippen MR) is 77.2 cm³/mol. The maximum Gasteiger partial charge on any atom is 0.255 e. The third-order valence-electron chi connectivity index (χ3n) is 3.51. The molecular formula is C16H16N2O2. The summed E-state index contributed by atoms with van der Waals surface area (Å²) >= 11 is 0. The smallest absolute Gasteiger partial charge is 0.255 e. The summed E-state index contributed by atoms with van der Waals surface area (Å²) in [5.74, 6) is 0.522. The first kappa shape index (κ1) is 12.7. The second-order valence-electron chi connectivity index (χ2n) is 4.87. The number of anilines is 1. The van der Waals surface area contributed by atoms with E-state index >= 15 is 0 Å². The molecule has 2 aromatic rings. The van der Waals surface area contributed by atoms with Crippen molar-refractivity contribution >= 4 is 11.6 Å². The number of amides is 1. The first-order chi connectivity index (χ1) is 9.76. The summed E-state index contributed by atoms with van der Waals surface area (Å²) in [7, 11) is 1.58. The summed E-state index contributed by atoms with van der Waals surface area (Å²) in [6, 6.07) is 9.12. The van der Waals surface area contributed by atoms with Crippen LogP contribution < -0.4 is 10.1 Å². The molecule has 1 aromatic carbocycles. The zero-order valence-electron chi connectivity index (χ0n) is 11.3. The van der Waals surface area contributed by atoms with Crippen LogP contribution in [0, 0.1) is 0 Å². The Labute approximate surface area is 117 Å². The number of rotatable bonds is 3. The van der Waals surface area contributed by atoms with Gasteiger partial charge in [-0.3, -0.25) is 9.78 Å². The Morgan fingerprint density at radius 1 is 1.30 bits per heavy atom. The number of carbonyl (C=O) groups excluding carboxylic acids is 1. The van der Waals surface area contributed by atoms with Gasteiger partial charge in [-0.25, -0.2) is 0 Å². The Morgan fingerprint density at radius 3 is 3.05 bits per heavy atom. The Kier molecular flexibility index (Phi) is 3.37. The highest BCUT2D eigenvalue weighted by molar-refractivity contribution is 6.04. The lowest BCUT2D eigenvalue weighted by Crippen LogP contribution is -2.12. The van der Waals surface area contributed by atoms with Gasteiger partial charge in [0, 0.05) is 11.3 Å². The van der Waals surface area contributed by atoms with Crippen LogP contribution in [0.3, 0.4) is 0 Å². The van der Waals surface area contributed by atoms with Gasteiger partial charge in [0.2, 0.25) is 0 Å². The number of benzene rings is 1. The van der Waals surface area contributed by atoms with Crippen LogP contribution in [0.25, 0.3) is 0 Å². The molecule has 0 atom stereocenters. The third-order valence-corrected chi connectivity index (χ3v) is 3.51. The molecule has 0 saturated heterocycles. The Hall–Kier alpha value is -2.36. The number of ether oxygens (including phenoxy) is 1. The lowest BCUT2D eigenvalue weighted by Gasteiger charge is -2.08. The van der Waals surface area contributed by atoms with Crippen molar-refractivity contribution in [1.29, 1.82) is 0 Å². The summed E-state index contributed by atoms with van der Waals surface area (Å²) in [6.07, 6.45) is 4.96. The summed E-state index contributed by atoms with van der Waals surface area (Å²) in [5, 5.41) is 2.88. The molecule has 0 spiro atoms. The second-order valence-corrected chi connectivity index (χ2v) is 4.87. The summed E-state index contributed by atoms with van der Waals surface area (Å²) in [4.78, 5) is 16.6. The van der Waals surface area contributed by atoms with E-state index in [9.17, 15) is 4.79 Å². The summed E-state index contributed by atoms with van der Waals surface area (Å²) in [6.45, 7) is 0. The van der Waals surface area contributed by atoms with Crippen molar-refractivity contribution in [3.8, 4) is 5.75 Å². The first-order valence-corrected chi connectivity index (χ1v) is 6.69. The van der Waals surface area contributed by atoms with Crippen LogP contribution in [-0.2, 0) is 12.8 Å². The molecule has 0 fully saturated rings.